The molecule has 1 amide bonds. The maximum absolute atomic E-state index is 12.0. The molecule has 21 heavy (non-hydrogen) atoms. The summed E-state index contributed by atoms with van der Waals surface area (Å²) in [5, 5.41) is 2.84. The average molecular weight is 311 g/mol. The monoisotopic (exact) mass is 311 g/mol. The normalized spacial score (nSPS) is 11.8. The van der Waals surface area contributed by atoms with Gasteiger partial charge in [0, 0.05) is 11.4 Å². The van der Waals surface area contributed by atoms with Gasteiger partial charge in [0.25, 0.3) is 0 Å². The molecule has 0 bridgehead atoms. The zero-order valence-corrected chi connectivity index (χ0v) is 14.1. The first-order valence-electron chi connectivity index (χ1n) is 7.28. The molecule has 0 unspecified atom stereocenters. The minimum atomic E-state index is -0.135. The molecule has 1 aromatic carbocycles. The largest absolute Gasteiger partial charge is 0.493 e. The average Bonchev–Trinajstić information content (AvgIpc) is 2.51. The Labute approximate surface area is 131 Å². The van der Waals surface area contributed by atoms with Crippen molar-refractivity contribution in [2.24, 2.45) is 0 Å². The lowest BCUT2D eigenvalue weighted by atomic mass is 10.2. The zero-order chi connectivity index (χ0) is 15.7. The van der Waals surface area contributed by atoms with Gasteiger partial charge < -0.3 is 14.8 Å². The number of methoxy groups -OCH3 is 2. The Bertz CT molecular complexity index is 451. The molecule has 0 saturated heterocycles. The van der Waals surface area contributed by atoms with Crippen LogP contribution in [0.3, 0.4) is 0 Å². The van der Waals surface area contributed by atoms with Crippen LogP contribution in [0, 0.1) is 0 Å². The first-order chi connectivity index (χ1) is 10.1. The number of amides is 1. The van der Waals surface area contributed by atoms with Gasteiger partial charge in [-0.3, -0.25) is 4.79 Å². The number of ether oxygens (including phenoxy) is 2. The second-order valence-electron chi connectivity index (χ2n) is 4.78. The number of unbranched alkanes of at least 4 members (excludes halogenated alkanes) is 2. The van der Waals surface area contributed by atoms with Crippen LogP contribution in [0.1, 0.15) is 33.1 Å². The van der Waals surface area contributed by atoms with Crippen LogP contribution in [-0.4, -0.2) is 31.9 Å². The standard InChI is InChI=1S/C16H25NO3S/c1-5-6-7-10-17-16(18)12(2)21-13-8-9-14(19-3)15(11-13)20-4/h8-9,11-12H,5-7,10H2,1-4H3,(H,17,18)/t12-/m0/s1. The van der Waals surface area contributed by atoms with Gasteiger partial charge in [-0.15, -0.1) is 11.8 Å². The Hall–Kier alpha value is -1.36. The minimum Gasteiger partial charge on any atom is -0.493 e. The van der Waals surface area contributed by atoms with E-state index in [4.69, 9.17) is 9.47 Å². The molecule has 0 saturated carbocycles. The first kappa shape index (κ1) is 17.7. The lowest BCUT2D eigenvalue weighted by Crippen LogP contribution is -2.31. The van der Waals surface area contributed by atoms with Crippen LogP contribution in [0.5, 0.6) is 11.5 Å². The second kappa shape index (κ2) is 9.55. The maximum atomic E-state index is 12.0. The minimum absolute atomic E-state index is 0.0749. The smallest absolute Gasteiger partial charge is 0.233 e. The molecule has 1 N–H and O–H groups in total. The van der Waals surface area contributed by atoms with Gasteiger partial charge in [-0.05, 0) is 31.5 Å². The third-order valence-electron chi connectivity index (χ3n) is 3.12. The van der Waals surface area contributed by atoms with Crippen LogP contribution < -0.4 is 14.8 Å². The lowest BCUT2D eigenvalue weighted by molar-refractivity contribution is -0.120. The lowest BCUT2D eigenvalue weighted by Gasteiger charge is -2.13. The van der Waals surface area contributed by atoms with Gasteiger partial charge in [-0.1, -0.05) is 19.8 Å². The molecule has 5 heteroatoms. The molecule has 1 rings (SSSR count). The van der Waals surface area contributed by atoms with E-state index in [9.17, 15) is 4.79 Å². The molecule has 0 aliphatic heterocycles. The summed E-state index contributed by atoms with van der Waals surface area (Å²) in [4.78, 5) is 13.0. The summed E-state index contributed by atoms with van der Waals surface area (Å²) >= 11 is 1.52. The van der Waals surface area contributed by atoms with Crippen LogP contribution in [0.15, 0.2) is 23.1 Å². The third-order valence-corrected chi connectivity index (χ3v) is 4.21. The molecule has 0 heterocycles. The van der Waals surface area contributed by atoms with E-state index in [0.717, 1.165) is 30.7 Å². The van der Waals surface area contributed by atoms with E-state index in [1.165, 1.54) is 11.8 Å². The van der Waals surface area contributed by atoms with Crippen LogP contribution in [0.25, 0.3) is 0 Å². The number of carbonyl (C=O) groups excluding carboxylic acids is 1. The van der Waals surface area contributed by atoms with Crippen molar-refractivity contribution in [3.8, 4) is 11.5 Å². The fourth-order valence-corrected chi connectivity index (χ4v) is 2.80. The summed E-state index contributed by atoms with van der Waals surface area (Å²) < 4.78 is 10.5. The summed E-state index contributed by atoms with van der Waals surface area (Å²) in [6, 6.07) is 5.68. The molecular formula is C16H25NO3S. The van der Waals surface area contributed by atoms with E-state index in [-0.39, 0.29) is 11.2 Å². The molecular weight excluding hydrogens is 286 g/mol. The van der Waals surface area contributed by atoms with Gasteiger partial charge >= 0.3 is 0 Å². The van der Waals surface area contributed by atoms with E-state index in [2.05, 4.69) is 12.2 Å². The predicted octanol–water partition coefficient (Wildman–Crippen LogP) is 3.49. The Kier molecular flexibility index (Phi) is 8.05. The highest BCUT2D eigenvalue weighted by Crippen LogP contribution is 2.33. The van der Waals surface area contributed by atoms with Gasteiger partial charge in [0.2, 0.25) is 5.91 Å². The molecule has 0 radical (unpaired) electrons. The maximum Gasteiger partial charge on any atom is 0.233 e. The number of carbonyl (C=O) groups is 1. The molecule has 0 spiro atoms. The SMILES string of the molecule is CCCCCNC(=O)[C@H](C)Sc1ccc(OC)c(OC)c1. The fraction of sp³-hybridized carbons (Fsp3) is 0.562. The van der Waals surface area contributed by atoms with Gasteiger partial charge in [-0.2, -0.15) is 0 Å². The van der Waals surface area contributed by atoms with E-state index in [1.807, 2.05) is 25.1 Å². The summed E-state index contributed by atoms with van der Waals surface area (Å²) in [5.41, 5.74) is 0. The number of hydrogen-bond donors (Lipinski definition) is 1. The first-order valence-corrected chi connectivity index (χ1v) is 8.16. The summed E-state index contributed by atoms with van der Waals surface area (Å²) in [7, 11) is 3.22. The number of rotatable bonds is 9. The van der Waals surface area contributed by atoms with Crippen molar-refractivity contribution in [3.63, 3.8) is 0 Å². The van der Waals surface area contributed by atoms with Crippen molar-refractivity contribution < 1.29 is 14.3 Å². The van der Waals surface area contributed by atoms with Crippen molar-refractivity contribution in [1.29, 1.82) is 0 Å². The number of hydrogen-bond acceptors (Lipinski definition) is 4. The third kappa shape index (κ3) is 5.87. The molecule has 118 valence electrons. The molecule has 1 aromatic rings. The highest BCUT2D eigenvalue weighted by molar-refractivity contribution is 8.00. The van der Waals surface area contributed by atoms with Crippen molar-refractivity contribution in [2.75, 3.05) is 20.8 Å². The van der Waals surface area contributed by atoms with E-state index >= 15 is 0 Å². The highest BCUT2D eigenvalue weighted by atomic mass is 32.2. The molecule has 0 aliphatic rings. The number of benzene rings is 1. The van der Waals surface area contributed by atoms with Gasteiger partial charge in [0.15, 0.2) is 11.5 Å². The van der Waals surface area contributed by atoms with Crippen LogP contribution in [0.4, 0.5) is 0 Å². The van der Waals surface area contributed by atoms with Crippen LogP contribution in [-0.2, 0) is 4.79 Å². The van der Waals surface area contributed by atoms with Crippen molar-refractivity contribution >= 4 is 17.7 Å². The number of thioether (sulfide) groups is 1. The highest BCUT2D eigenvalue weighted by Gasteiger charge is 2.15. The van der Waals surface area contributed by atoms with Crippen molar-refractivity contribution in [3.05, 3.63) is 18.2 Å². The number of nitrogens with one attached hydrogen (secondary N) is 1. The Morgan fingerprint density at radius 3 is 2.57 bits per heavy atom. The Morgan fingerprint density at radius 1 is 1.24 bits per heavy atom. The summed E-state index contributed by atoms with van der Waals surface area (Å²) in [6.45, 7) is 4.82. The predicted molar refractivity (Wildman–Crippen MR) is 87.4 cm³/mol. The van der Waals surface area contributed by atoms with Crippen LogP contribution in [0.2, 0.25) is 0 Å². The molecule has 0 fully saturated rings. The topological polar surface area (TPSA) is 47.6 Å². The quantitative estimate of drug-likeness (QED) is 0.560. The molecule has 4 nitrogen and oxygen atoms in total. The van der Waals surface area contributed by atoms with Gasteiger partial charge in [-0.25, -0.2) is 0 Å². The Balaban J connectivity index is 2.53. The summed E-state index contributed by atoms with van der Waals surface area (Å²) in [6.07, 6.45) is 3.35. The van der Waals surface area contributed by atoms with Crippen molar-refractivity contribution in [1.82, 2.24) is 5.32 Å². The second-order valence-corrected chi connectivity index (χ2v) is 6.19. The summed E-state index contributed by atoms with van der Waals surface area (Å²) in [5.74, 6) is 1.45. The molecule has 0 aromatic heterocycles. The fourth-order valence-electron chi connectivity index (χ4n) is 1.88. The van der Waals surface area contributed by atoms with E-state index < -0.39 is 0 Å². The van der Waals surface area contributed by atoms with Gasteiger partial charge in [0.05, 0.1) is 19.5 Å². The van der Waals surface area contributed by atoms with Gasteiger partial charge in [0.1, 0.15) is 0 Å². The van der Waals surface area contributed by atoms with Crippen LogP contribution >= 0.6 is 11.8 Å². The molecule has 0 aliphatic carbocycles. The van der Waals surface area contributed by atoms with E-state index in [0.29, 0.717) is 11.5 Å². The van der Waals surface area contributed by atoms with Crippen molar-refractivity contribution in [2.45, 2.75) is 43.3 Å². The van der Waals surface area contributed by atoms with E-state index in [1.54, 1.807) is 14.2 Å². The Morgan fingerprint density at radius 2 is 1.95 bits per heavy atom. The molecule has 1 atom stereocenters. The zero-order valence-electron chi connectivity index (χ0n) is 13.3.